The van der Waals surface area contributed by atoms with Gasteiger partial charge in [0.05, 0.1) is 0 Å². The van der Waals surface area contributed by atoms with Crippen molar-refractivity contribution in [2.24, 2.45) is 17.4 Å². The van der Waals surface area contributed by atoms with E-state index in [0.717, 1.165) is 38.5 Å². The topological polar surface area (TPSA) is 75.6 Å². The van der Waals surface area contributed by atoms with Gasteiger partial charge in [0.25, 0.3) is 0 Å². The Morgan fingerprint density at radius 3 is 2.41 bits per heavy atom. The molecule has 0 aromatic heterocycles. The van der Waals surface area contributed by atoms with E-state index >= 15 is 0 Å². The first kappa shape index (κ1) is 14.8. The minimum atomic E-state index is 0.254. The Kier molecular flexibility index (Phi) is 6.87. The summed E-state index contributed by atoms with van der Waals surface area (Å²) in [7, 11) is 0. The molecule has 100 valence electrons. The molecule has 17 heavy (non-hydrogen) atoms. The Balaban J connectivity index is 2.30. The third-order valence-corrected chi connectivity index (χ3v) is 3.65. The van der Waals surface area contributed by atoms with Crippen LogP contribution in [0.5, 0.6) is 0 Å². The van der Waals surface area contributed by atoms with Gasteiger partial charge in [0.1, 0.15) is 0 Å². The van der Waals surface area contributed by atoms with E-state index in [1.165, 1.54) is 0 Å². The van der Waals surface area contributed by atoms with E-state index in [1.807, 2.05) is 4.90 Å². The molecule has 0 bridgehead atoms. The first-order valence-electron chi connectivity index (χ1n) is 6.22. The summed E-state index contributed by atoms with van der Waals surface area (Å²) in [6, 6.07) is 0. The lowest BCUT2D eigenvalue weighted by Gasteiger charge is -2.24. The number of carbonyl (C=O) groups is 1. The number of amides is 1. The zero-order valence-electron chi connectivity index (χ0n) is 10.3. The molecule has 1 heterocycles. The third kappa shape index (κ3) is 4.83. The summed E-state index contributed by atoms with van der Waals surface area (Å²) in [4.78, 5) is 15.8. The molecule has 1 unspecified atom stereocenters. The van der Waals surface area contributed by atoms with Crippen molar-refractivity contribution < 1.29 is 4.79 Å². The summed E-state index contributed by atoms with van der Waals surface area (Å²) in [6.07, 6.45) is 0.650. The van der Waals surface area contributed by atoms with Crippen LogP contribution in [-0.2, 0) is 4.79 Å². The van der Waals surface area contributed by atoms with Gasteiger partial charge in [-0.1, -0.05) is 0 Å². The van der Waals surface area contributed by atoms with Crippen molar-refractivity contribution in [1.29, 1.82) is 0 Å². The van der Waals surface area contributed by atoms with Gasteiger partial charge in [-0.15, -0.1) is 0 Å². The lowest BCUT2D eigenvalue weighted by Crippen LogP contribution is -2.40. The quantitative estimate of drug-likeness (QED) is 0.489. The van der Waals surface area contributed by atoms with E-state index < -0.39 is 0 Å². The van der Waals surface area contributed by atoms with Crippen LogP contribution in [0.2, 0.25) is 0 Å². The molecule has 1 rings (SSSR count). The third-order valence-electron chi connectivity index (χ3n) is 3.13. The van der Waals surface area contributed by atoms with Crippen LogP contribution in [0.15, 0.2) is 0 Å². The molecule has 0 saturated carbocycles. The highest BCUT2D eigenvalue weighted by atomic mass is 32.1. The highest BCUT2D eigenvalue weighted by molar-refractivity contribution is 7.80. The van der Waals surface area contributed by atoms with Crippen molar-refractivity contribution in [3.8, 4) is 0 Å². The molecule has 0 aromatic carbocycles. The van der Waals surface area contributed by atoms with Gasteiger partial charge >= 0.3 is 0 Å². The van der Waals surface area contributed by atoms with Crippen LogP contribution in [0, 0.1) is 5.92 Å². The lowest BCUT2D eigenvalue weighted by atomic mass is 10.1. The standard InChI is InChI=1S/C11H24N4OS/c12-1-3-14(4-2-13)5-6-15-8-10(9-17)7-11(15)16/h10,17H,1-9,12-13H2. The summed E-state index contributed by atoms with van der Waals surface area (Å²) in [5, 5.41) is 0. The molecule has 1 fully saturated rings. The molecule has 1 saturated heterocycles. The van der Waals surface area contributed by atoms with Crippen LogP contribution in [0.3, 0.4) is 0 Å². The maximum absolute atomic E-state index is 11.7. The first-order valence-corrected chi connectivity index (χ1v) is 6.85. The van der Waals surface area contributed by atoms with Crippen molar-refractivity contribution in [3.63, 3.8) is 0 Å². The van der Waals surface area contributed by atoms with Gasteiger partial charge in [-0.25, -0.2) is 0 Å². The lowest BCUT2D eigenvalue weighted by molar-refractivity contribution is -0.127. The summed E-state index contributed by atoms with van der Waals surface area (Å²) in [5.41, 5.74) is 11.1. The van der Waals surface area contributed by atoms with E-state index in [9.17, 15) is 4.79 Å². The number of likely N-dealkylation sites (tertiary alicyclic amines) is 1. The second-order valence-electron chi connectivity index (χ2n) is 4.51. The predicted octanol–water partition coefficient (Wildman–Crippen LogP) is -1.02. The van der Waals surface area contributed by atoms with Crippen molar-refractivity contribution in [2.75, 3.05) is 51.6 Å². The SMILES string of the molecule is NCCN(CCN)CCN1CC(CS)CC1=O. The second kappa shape index (κ2) is 7.92. The minimum Gasteiger partial charge on any atom is -0.341 e. The van der Waals surface area contributed by atoms with Gasteiger partial charge in [0.15, 0.2) is 0 Å². The molecule has 1 aliphatic rings. The molecule has 0 aromatic rings. The molecular formula is C11H24N4OS. The number of nitrogens with zero attached hydrogens (tertiary/aromatic N) is 2. The van der Waals surface area contributed by atoms with E-state index in [2.05, 4.69) is 17.5 Å². The average molecular weight is 260 g/mol. The fourth-order valence-corrected chi connectivity index (χ4v) is 2.40. The van der Waals surface area contributed by atoms with Crippen molar-refractivity contribution >= 4 is 18.5 Å². The summed E-state index contributed by atoms with van der Waals surface area (Å²) in [5.74, 6) is 1.46. The monoisotopic (exact) mass is 260 g/mol. The van der Waals surface area contributed by atoms with Crippen molar-refractivity contribution in [1.82, 2.24) is 9.80 Å². The maximum Gasteiger partial charge on any atom is 0.222 e. The Labute approximate surface area is 109 Å². The van der Waals surface area contributed by atoms with Crippen molar-refractivity contribution in [3.05, 3.63) is 0 Å². The number of hydrogen-bond acceptors (Lipinski definition) is 5. The van der Waals surface area contributed by atoms with Crippen LogP contribution >= 0.6 is 12.6 Å². The summed E-state index contributed by atoms with van der Waals surface area (Å²) >= 11 is 4.25. The number of hydrogen-bond donors (Lipinski definition) is 3. The van der Waals surface area contributed by atoms with Crippen molar-refractivity contribution in [2.45, 2.75) is 6.42 Å². The van der Waals surface area contributed by atoms with E-state index in [1.54, 1.807) is 0 Å². The van der Waals surface area contributed by atoms with Crippen LogP contribution in [0.4, 0.5) is 0 Å². The fourth-order valence-electron chi connectivity index (χ4n) is 2.16. The van der Waals surface area contributed by atoms with Gasteiger partial charge < -0.3 is 16.4 Å². The molecule has 5 nitrogen and oxygen atoms in total. The van der Waals surface area contributed by atoms with E-state index in [4.69, 9.17) is 11.5 Å². The molecule has 1 aliphatic heterocycles. The van der Waals surface area contributed by atoms with Gasteiger partial charge in [-0.2, -0.15) is 12.6 Å². The van der Waals surface area contributed by atoms with Gasteiger partial charge in [0, 0.05) is 52.2 Å². The predicted molar refractivity (Wildman–Crippen MR) is 73.1 cm³/mol. The largest absolute Gasteiger partial charge is 0.341 e. The molecule has 0 aliphatic carbocycles. The Morgan fingerprint density at radius 1 is 1.29 bits per heavy atom. The Morgan fingerprint density at radius 2 is 1.94 bits per heavy atom. The normalized spacial score (nSPS) is 20.6. The van der Waals surface area contributed by atoms with Crippen LogP contribution in [0.25, 0.3) is 0 Å². The van der Waals surface area contributed by atoms with E-state index in [-0.39, 0.29) is 5.91 Å². The molecule has 0 radical (unpaired) electrons. The number of nitrogens with two attached hydrogens (primary N) is 2. The van der Waals surface area contributed by atoms with Gasteiger partial charge in [0.2, 0.25) is 5.91 Å². The Bertz CT molecular complexity index is 234. The van der Waals surface area contributed by atoms with Gasteiger partial charge in [-0.3, -0.25) is 9.69 Å². The molecule has 6 heteroatoms. The van der Waals surface area contributed by atoms with Gasteiger partial charge in [-0.05, 0) is 11.7 Å². The molecule has 0 spiro atoms. The molecule has 1 amide bonds. The fraction of sp³-hybridized carbons (Fsp3) is 0.909. The first-order chi connectivity index (χ1) is 8.21. The highest BCUT2D eigenvalue weighted by Gasteiger charge is 2.28. The molecule has 1 atom stereocenters. The van der Waals surface area contributed by atoms with E-state index in [0.29, 0.717) is 25.4 Å². The molecular weight excluding hydrogens is 236 g/mol. The molecule has 4 N–H and O–H groups in total. The number of carbonyl (C=O) groups excluding carboxylic acids is 1. The zero-order valence-corrected chi connectivity index (χ0v) is 11.2. The number of rotatable bonds is 8. The minimum absolute atomic E-state index is 0.254. The summed E-state index contributed by atoms with van der Waals surface area (Å²) < 4.78 is 0. The maximum atomic E-state index is 11.7. The smallest absolute Gasteiger partial charge is 0.222 e. The highest BCUT2D eigenvalue weighted by Crippen LogP contribution is 2.18. The second-order valence-corrected chi connectivity index (χ2v) is 4.88. The average Bonchev–Trinajstić information content (AvgIpc) is 2.68. The van der Waals surface area contributed by atoms with Crippen LogP contribution < -0.4 is 11.5 Å². The number of thiol groups is 1. The van der Waals surface area contributed by atoms with Crippen LogP contribution in [-0.4, -0.2) is 67.3 Å². The zero-order chi connectivity index (χ0) is 12.7. The Hall–Kier alpha value is -0.300. The summed E-state index contributed by atoms with van der Waals surface area (Å²) in [6.45, 7) is 5.44. The van der Waals surface area contributed by atoms with Crippen LogP contribution in [0.1, 0.15) is 6.42 Å².